The Morgan fingerprint density at radius 3 is 2.56 bits per heavy atom. The van der Waals surface area contributed by atoms with Crippen LogP contribution in [0.5, 0.6) is 11.5 Å². The monoisotopic (exact) mass is 369 g/mol. The Bertz CT molecular complexity index is 745. The van der Waals surface area contributed by atoms with Crippen molar-refractivity contribution in [3.8, 4) is 11.5 Å². The summed E-state index contributed by atoms with van der Waals surface area (Å²) in [6, 6.07) is 15.0. The summed E-state index contributed by atoms with van der Waals surface area (Å²) in [6.07, 6.45) is 3.37. The van der Waals surface area contributed by atoms with E-state index < -0.39 is 6.03 Å². The fraction of sp³-hybridized carbons (Fsp3) is 0.333. The van der Waals surface area contributed by atoms with Gasteiger partial charge in [0.1, 0.15) is 11.5 Å². The van der Waals surface area contributed by atoms with Crippen molar-refractivity contribution in [2.75, 3.05) is 13.2 Å². The molecule has 144 valence electrons. The smallest absolute Gasteiger partial charge is 0.332 e. The number of urea groups is 1. The van der Waals surface area contributed by atoms with Gasteiger partial charge < -0.3 is 15.2 Å². The van der Waals surface area contributed by atoms with Crippen LogP contribution in [-0.4, -0.2) is 25.5 Å². The maximum Gasteiger partial charge on any atom is 0.332 e. The van der Waals surface area contributed by atoms with E-state index in [9.17, 15) is 4.79 Å². The second-order valence-electron chi connectivity index (χ2n) is 6.20. The Balaban J connectivity index is 1.75. The lowest BCUT2D eigenvalue weighted by Gasteiger charge is -2.11. The predicted octanol–water partition coefficient (Wildman–Crippen LogP) is 4.05. The van der Waals surface area contributed by atoms with E-state index >= 15 is 0 Å². The highest BCUT2D eigenvalue weighted by atomic mass is 16.5. The number of para-hydroxylation sites is 1. The number of amides is 2. The van der Waals surface area contributed by atoms with Gasteiger partial charge in [0.15, 0.2) is 0 Å². The van der Waals surface area contributed by atoms with Crippen LogP contribution in [0.3, 0.4) is 0 Å². The van der Waals surface area contributed by atoms with E-state index in [2.05, 4.69) is 36.5 Å². The zero-order valence-corrected chi connectivity index (χ0v) is 15.9. The lowest BCUT2D eigenvalue weighted by molar-refractivity contribution is 0.247. The number of hydrogen-bond acceptors (Lipinski definition) is 4. The standard InChI is InChI=1S/C21H27N3O3/c1-3-16(2)17-9-11-19(12-10-17)26-13-6-14-27-20-8-5-4-7-18(20)15-23-24-21(22)25/h4-5,7-12,15-16H,3,6,13-14H2,1-2H3,(H3,22,24,25). The molecular formula is C21H27N3O3. The van der Waals surface area contributed by atoms with Crippen molar-refractivity contribution in [2.24, 2.45) is 10.8 Å². The second kappa shape index (κ2) is 10.9. The number of rotatable bonds is 10. The first-order valence-corrected chi connectivity index (χ1v) is 9.13. The summed E-state index contributed by atoms with van der Waals surface area (Å²) in [4.78, 5) is 10.7. The number of nitrogens with one attached hydrogen (secondary N) is 1. The van der Waals surface area contributed by atoms with Crippen molar-refractivity contribution in [3.63, 3.8) is 0 Å². The number of benzene rings is 2. The molecule has 27 heavy (non-hydrogen) atoms. The molecule has 0 radical (unpaired) electrons. The molecule has 0 aliphatic rings. The minimum absolute atomic E-state index is 0.513. The number of primary amides is 1. The van der Waals surface area contributed by atoms with Gasteiger partial charge in [-0.15, -0.1) is 0 Å². The van der Waals surface area contributed by atoms with Crippen LogP contribution < -0.4 is 20.6 Å². The first-order chi connectivity index (χ1) is 13.1. The van der Waals surface area contributed by atoms with Crippen LogP contribution in [0, 0.1) is 0 Å². The third-order valence-electron chi connectivity index (χ3n) is 4.17. The zero-order valence-electron chi connectivity index (χ0n) is 15.9. The van der Waals surface area contributed by atoms with Gasteiger partial charge in [0.05, 0.1) is 19.4 Å². The lowest BCUT2D eigenvalue weighted by atomic mass is 9.99. The highest BCUT2D eigenvalue weighted by Crippen LogP contribution is 2.21. The minimum atomic E-state index is -0.709. The molecular weight excluding hydrogens is 342 g/mol. The van der Waals surface area contributed by atoms with Gasteiger partial charge in [-0.25, -0.2) is 10.2 Å². The molecule has 2 aromatic carbocycles. The van der Waals surface area contributed by atoms with Crippen LogP contribution in [0.15, 0.2) is 53.6 Å². The summed E-state index contributed by atoms with van der Waals surface area (Å²) in [6.45, 7) is 5.49. The van der Waals surface area contributed by atoms with E-state index in [1.807, 2.05) is 36.4 Å². The normalized spacial score (nSPS) is 11.9. The topological polar surface area (TPSA) is 85.9 Å². The number of carbonyl (C=O) groups excluding carboxylic acids is 1. The molecule has 3 N–H and O–H groups in total. The van der Waals surface area contributed by atoms with Gasteiger partial charge in [0.2, 0.25) is 0 Å². The largest absolute Gasteiger partial charge is 0.493 e. The molecule has 0 saturated heterocycles. The quantitative estimate of drug-likeness (QED) is 0.376. The molecule has 2 amide bonds. The van der Waals surface area contributed by atoms with Gasteiger partial charge in [0, 0.05) is 12.0 Å². The molecule has 0 heterocycles. The molecule has 0 aromatic heterocycles. The highest BCUT2D eigenvalue weighted by molar-refractivity contribution is 5.84. The van der Waals surface area contributed by atoms with Crippen LogP contribution in [-0.2, 0) is 0 Å². The molecule has 2 aromatic rings. The van der Waals surface area contributed by atoms with Gasteiger partial charge in [-0.1, -0.05) is 38.1 Å². The van der Waals surface area contributed by atoms with Gasteiger partial charge in [0.25, 0.3) is 0 Å². The number of hydrazone groups is 1. The van der Waals surface area contributed by atoms with Gasteiger partial charge in [-0.3, -0.25) is 0 Å². The first kappa shape index (κ1) is 20.3. The maximum atomic E-state index is 10.7. The number of carbonyl (C=O) groups is 1. The van der Waals surface area contributed by atoms with E-state index in [-0.39, 0.29) is 0 Å². The average molecular weight is 369 g/mol. The average Bonchev–Trinajstić information content (AvgIpc) is 2.68. The van der Waals surface area contributed by atoms with Crippen molar-refractivity contribution >= 4 is 12.2 Å². The van der Waals surface area contributed by atoms with Crippen LogP contribution in [0.25, 0.3) is 0 Å². The molecule has 0 saturated carbocycles. The molecule has 1 atom stereocenters. The number of ether oxygens (including phenoxy) is 2. The Kier molecular flexibility index (Phi) is 8.16. The first-order valence-electron chi connectivity index (χ1n) is 9.13. The number of hydrogen-bond donors (Lipinski definition) is 2. The van der Waals surface area contributed by atoms with Crippen molar-refractivity contribution in [1.82, 2.24) is 5.43 Å². The Hall–Kier alpha value is -3.02. The summed E-state index contributed by atoms with van der Waals surface area (Å²) in [7, 11) is 0. The summed E-state index contributed by atoms with van der Waals surface area (Å²) in [5.74, 6) is 2.12. The zero-order chi connectivity index (χ0) is 19.5. The van der Waals surface area contributed by atoms with E-state index in [1.165, 1.54) is 11.8 Å². The summed E-state index contributed by atoms with van der Waals surface area (Å²) in [5.41, 5.74) is 9.23. The van der Waals surface area contributed by atoms with Crippen molar-refractivity contribution < 1.29 is 14.3 Å². The van der Waals surface area contributed by atoms with Gasteiger partial charge in [-0.05, 0) is 42.2 Å². The van der Waals surface area contributed by atoms with E-state index in [0.29, 0.717) is 24.9 Å². The van der Waals surface area contributed by atoms with E-state index in [1.54, 1.807) is 0 Å². The van der Waals surface area contributed by atoms with Crippen LogP contribution in [0.2, 0.25) is 0 Å². The molecule has 2 rings (SSSR count). The molecule has 0 aliphatic heterocycles. The molecule has 6 heteroatoms. The minimum Gasteiger partial charge on any atom is -0.493 e. The third kappa shape index (κ3) is 7.01. The van der Waals surface area contributed by atoms with Crippen molar-refractivity contribution in [1.29, 1.82) is 0 Å². The molecule has 0 spiro atoms. The Labute approximate surface area is 160 Å². The molecule has 0 fully saturated rings. The van der Waals surface area contributed by atoms with E-state index in [0.717, 1.165) is 24.2 Å². The number of nitrogens with two attached hydrogens (primary N) is 1. The molecule has 6 nitrogen and oxygen atoms in total. The molecule has 0 aliphatic carbocycles. The van der Waals surface area contributed by atoms with E-state index in [4.69, 9.17) is 15.2 Å². The highest BCUT2D eigenvalue weighted by Gasteiger charge is 2.03. The van der Waals surface area contributed by atoms with Crippen molar-refractivity contribution in [3.05, 3.63) is 59.7 Å². The fourth-order valence-corrected chi connectivity index (χ4v) is 2.44. The molecule has 1 unspecified atom stereocenters. The van der Waals surface area contributed by atoms with Crippen molar-refractivity contribution in [2.45, 2.75) is 32.6 Å². The summed E-state index contributed by atoms with van der Waals surface area (Å²) < 4.78 is 11.5. The van der Waals surface area contributed by atoms with Gasteiger partial charge in [-0.2, -0.15) is 5.10 Å². The predicted molar refractivity (Wildman–Crippen MR) is 108 cm³/mol. The lowest BCUT2D eigenvalue weighted by Crippen LogP contribution is -2.24. The second-order valence-corrected chi connectivity index (χ2v) is 6.20. The summed E-state index contributed by atoms with van der Waals surface area (Å²) >= 11 is 0. The van der Waals surface area contributed by atoms with Crippen LogP contribution in [0.4, 0.5) is 4.79 Å². The SMILES string of the molecule is CCC(C)c1ccc(OCCCOc2ccccc2C=NNC(N)=O)cc1. The van der Waals surface area contributed by atoms with Gasteiger partial charge >= 0.3 is 6.03 Å². The number of nitrogens with zero attached hydrogens (tertiary/aromatic N) is 1. The summed E-state index contributed by atoms with van der Waals surface area (Å²) in [5, 5.41) is 3.76. The molecule has 0 bridgehead atoms. The Morgan fingerprint density at radius 2 is 1.85 bits per heavy atom. The Morgan fingerprint density at radius 1 is 1.15 bits per heavy atom. The maximum absolute atomic E-state index is 10.7. The van der Waals surface area contributed by atoms with Crippen LogP contribution >= 0.6 is 0 Å². The fourth-order valence-electron chi connectivity index (χ4n) is 2.44. The third-order valence-corrected chi connectivity index (χ3v) is 4.17. The van der Waals surface area contributed by atoms with Crippen LogP contribution in [0.1, 0.15) is 43.7 Å².